The van der Waals surface area contributed by atoms with E-state index in [1.54, 1.807) is 0 Å². The third-order valence-electron chi connectivity index (χ3n) is 10.4. The van der Waals surface area contributed by atoms with E-state index in [9.17, 15) is 19.4 Å². The van der Waals surface area contributed by atoms with E-state index in [2.05, 4.69) is 19.2 Å². The summed E-state index contributed by atoms with van der Waals surface area (Å²) in [5, 5.41) is 13.9. The van der Waals surface area contributed by atoms with E-state index in [4.69, 9.17) is 9.05 Å². The summed E-state index contributed by atoms with van der Waals surface area (Å²) in [6.07, 6.45) is 38.5. The topological polar surface area (TPSA) is 105 Å². The average molecular weight is 762 g/mol. The summed E-state index contributed by atoms with van der Waals surface area (Å²) in [6, 6.07) is -0.751. The normalized spacial score (nSPS) is 14.4. The first kappa shape index (κ1) is 51.5. The summed E-state index contributed by atoms with van der Waals surface area (Å²) >= 11 is 0. The molecule has 0 aliphatic heterocycles. The number of phosphoric ester groups is 1. The van der Waals surface area contributed by atoms with Crippen molar-refractivity contribution in [1.82, 2.24) is 5.32 Å². The summed E-state index contributed by atoms with van der Waals surface area (Å²) in [6.45, 7) is 4.88. The summed E-state index contributed by atoms with van der Waals surface area (Å²) in [4.78, 5) is 23.1. The Morgan fingerprint density at radius 3 is 1.29 bits per heavy atom. The molecule has 0 aliphatic rings. The van der Waals surface area contributed by atoms with Gasteiger partial charge in [0.1, 0.15) is 13.2 Å². The SMILES string of the molecule is CCCCCCCCCCCCCCCCCCCCCCCC(=O)NC(COP(=O)(O)OCC[N+](C)(C)C)C(O)CCCCCCCCCCC. The largest absolute Gasteiger partial charge is 0.472 e. The number of phosphoric acid groups is 1. The van der Waals surface area contributed by atoms with Crippen LogP contribution >= 0.6 is 7.82 Å². The van der Waals surface area contributed by atoms with Crippen LogP contribution in [0, 0.1) is 0 Å². The van der Waals surface area contributed by atoms with Gasteiger partial charge in [-0.25, -0.2) is 4.57 Å². The second-order valence-electron chi connectivity index (χ2n) is 16.8. The van der Waals surface area contributed by atoms with Gasteiger partial charge in [-0.3, -0.25) is 13.8 Å². The molecule has 0 heterocycles. The van der Waals surface area contributed by atoms with Crippen molar-refractivity contribution in [2.24, 2.45) is 0 Å². The first-order chi connectivity index (χ1) is 25.0. The fourth-order valence-electron chi connectivity index (χ4n) is 6.75. The number of carbonyl (C=O) groups is 1. The van der Waals surface area contributed by atoms with E-state index < -0.39 is 20.0 Å². The van der Waals surface area contributed by atoms with Crippen molar-refractivity contribution in [2.75, 3.05) is 40.9 Å². The number of aliphatic hydroxyl groups excluding tert-OH is 1. The van der Waals surface area contributed by atoms with Gasteiger partial charge in [-0.2, -0.15) is 0 Å². The summed E-state index contributed by atoms with van der Waals surface area (Å²) in [5.41, 5.74) is 0. The molecule has 0 radical (unpaired) electrons. The van der Waals surface area contributed by atoms with Crippen molar-refractivity contribution in [2.45, 2.75) is 231 Å². The molecule has 8 nitrogen and oxygen atoms in total. The molecule has 0 aromatic carbocycles. The predicted octanol–water partition coefficient (Wildman–Crippen LogP) is 12.2. The van der Waals surface area contributed by atoms with Crippen LogP contribution in [0.3, 0.4) is 0 Å². The third-order valence-corrected chi connectivity index (χ3v) is 11.3. The first-order valence-corrected chi connectivity index (χ1v) is 23.9. The number of likely N-dealkylation sites (N-methyl/N-ethyl adjacent to an activating group) is 1. The van der Waals surface area contributed by atoms with Crippen molar-refractivity contribution < 1.29 is 32.9 Å². The van der Waals surface area contributed by atoms with Gasteiger partial charge in [0.05, 0.1) is 39.9 Å². The number of unbranched alkanes of at least 4 members (excludes halogenated alkanes) is 28. The Bertz CT molecular complexity index is 824. The van der Waals surface area contributed by atoms with Crippen LogP contribution in [0.25, 0.3) is 0 Å². The molecule has 0 aromatic heterocycles. The Morgan fingerprint density at radius 1 is 0.577 bits per heavy atom. The quantitative estimate of drug-likeness (QED) is 0.0325. The second kappa shape index (κ2) is 36.2. The highest BCUT2D eigenvalue weighted by molar-refractivity contribution is 7.47. The van der Waals surface area contributed by atoms with Gasteiger partial charge in [-0.15, -0.1) is 0 Å². The molecule has 0 bridgehead atoms. The molecule has 0 saturated heterocycles. The number of nitrogens with one attached hydrogen (secondary N) is 1. The molecule has 9 heteroatoms. The molecule has 0 spiro atoms. The lowest BCUT2D eigenvalue weighted by molar-refractivity contribution is -0.870. The van der Waals surface area contributed by atoms with E-state index in [1.807, 2.05) is 21.1 Å². The number of hydrogen-bond acceptors (Lipinski definition) is 5. The van der Waals surface area contributed by atoms with Crippen molar-refractivity contribution in [3.8, 4) is 0 Å². The average Bonchev–Trinajstić information content (AvgIpc) is 3.09. The number of aliphatic hydroxyl groups is 1. The highest BCUT2D eigenvalue weighted by Crippen LogP contribution is 2.43. The van der Waals surface area contributed by atoms with Gasteiger partial charge < -0.3 is 19.8 Å². The molecule has 3 atom stereocenters. The minimum Gasteiger partial charge on any atom is -0.391 e. The molecular weight excluding hydrogens is 671 g/mol. The second-order valence-corrected chi connectivity index (χ2v) is 18.2. The number of rotatable bonds is 41. The van der Waals surface area contributed by atoms with Gasteiger partial charge in [0.2, 0.25) is 5.91 Å². The van der Waals surface area contributed by atoms with Gasteiger partial charge in [0.25, 0.3) is 0 Å². The zero-order chi connectivity index (χ0) is 38.6. The smallest absolute Gasteiger partial charge is 0.391 e. The zero-order valence-corrected chi connectivity index (χ0v) is 36.2. The fraction of sp³-hybridized carbons (Fsp3) is 0.977. The molecule has 0 rings (SSSR count). The predicted molar refractivity (Wildman–Crippen MR) is 222 cm³/mol. The van der Waals surface area contributed by atoms with Gasteiger partial charge >= 0.3 is 7.82 Å². The Balaban J connectivity index is 4.16. The minimum absolute atomic E-state index is 0.0782. The lowest BCUT2D eigenvalue weighted by atomic mass is 10.0. The molecule has 3 unspecified atom stereocenters. The van der Waals surface area contributed by atoms with Crippen LogP contribution < -0.4 is 5.32 Å². The molecule has 52 heavy (non-hydrogen) atoms. The van der Waals surface area contributed by atoms with Crippen LogP contribution in [0.15, 0.2) is 0 Å². The molecule has 0 saturated carbocycles. The monoisotopic (exact) mass is 762 g/mol. The Kier molecular flexibility index (Phi) is 35.8. The van der Waals surface area contributed by atoms with E-state index >= 15 is 0 Å². The highest BCUT2D eigenvalue weighted by Gasteiger charge is 2.28. The van der Waals surface area contributed by atoms with E-state index in [1.165, 1.54) is 154 Å². The molecule has 0 fully saturated rings. The van der Waals surface area contributed by atoms with Crippen molar-refractivity contribution in [1.29, 1.82) is 0 Å². The van der Waals surface area contributed by atoms with Crippen LogP contribution in [-0.4, -0.2) is 73.4 Å². The lowest BCUT2D eigenvalue weighted by Gasteiger charge is -2.26. The molecule has 312 valence electrons. The maximum absolute atomic E-state index is 12.8. The third kappa shape index (κ3) is 37.8. The minimum atomic E-state index is -4.30. The maximum Gasteiger partial charge on any atom is 0.472 e. The number of hydrogen-bond donors (Lipinski definition) is 3. The van der Waals surface area contributed by atoms with Crippen molar-refractivity contribution in [3.05, 3.63) is 0 Å². The first-order valence-electron chi connectivity index (χ1n) is 22.4. The Hall–Kier alpha value is -0.500. The maximum atomic E-state index is 12.8. The van der Waals surface area contributed by atoms with Crippen LogP contribution in [0.5, 0.6) is 0 Å². The molecule has 0 aliphatic carbocycles. The van der Waals surface area contributed by atoms with Crippen molar-refractivity contribution in [3.63, 3.8) is 0 Å². The number of nitrogens with zero attached hydrogens (tertiary/aromatic N) is 1. The molecule has 0 aromatic rings. The number of carbonyl (C=O) groups excluding carboxylic acids is 1. The standard InChI is InChI=1S/C43H89N2O6P/c1-6-8-10-12-14-16-17-18-19-20-21-22-23-24-25-26-27-29-31-33-35-37-43(47)44-41(40-51-52(48,49)50-39-38-45(3,4)5)42(46)36-34-32-30-28-15-13-11-9-7-2/h41-42,46H,6-40H2,1-5H3,(H-,44,47,48,49)/p+1. The molecule has 3 N–H and O–H groups in total. The zero-order valence-electron chi connectivity index (χ0n) is 35.3. The fourth-order valence-corrected chi connectivity index (χ4v) is 7.49. The van der Waals surface area contributed by atoms with Crippen LogP contribution in [0.4, 0.5) is 0 Å². The number of quaternary nitrogens is 1. The van der Waals surface area contributed by atoms with Crippen LogP contribution in [0.2, 0.25) is 0 Å². The lowest BCUT2D eigenvalue weighted by Crippen LogP contribution is -2.46. The van der Waals surface area contributed by atoms with Crippen molar-refractivity contribution >= 4 is 13.7 Å². The van der Waals surface area contributed by atoms with Crippen LogP contribution in [0.1, 0.15) is 219 Å². The van der Waals surface area contributed by atoms with Crippen LogP contribution in [-0.2, 0) is 18.4 Å². The molecular formula is C43H90N2O6P+. The van der Waals surface area contributed by atoms with E-state index in [0.29, 0.717) is 23.9 Å². The van der Waals surface area contributed by atoms with Gasteiger partial charge in [0.15, 0.2) is 0 Å². The van der Waals surface area contributed by atoms with Gasteiger partial charge in [-0.1, -0.05) is 200 Å². The van der Waals surface area contributed by atoms with Gasteiger partial charge in [0, 0.05) is 6.42 Å². The van der Waals surface area contributed by atoms with E-state index in [-0.39, 0.29) is 19.1 Å². The summed E-state index contributed by atoms with van der Waals surface area (Å²) in [5.74, 6) is -0.142. The van der Waals surface area contributed by atoms with Gasteiger partial charge in [-0.05, 0) is 12.8 Å². The summed E-state index contributed by atoms with van der Waals surface area (Å²) < 4.78 is 23.5. The number of amides is 1. The van der Waals surface area contributed by atoms with E-state index in [0.717, 1.165) is 38.5 Å². The Morgan fingerprint density at radius 2 is 0.923 bits per heavy atom. The Labute approximate surface area is 323 Å². The highest BCUT2D eigenvalue weighted by atomic mass is 31.2. The summed E-state index contributed by atoms with van der Waals surface area (Å²) in [7, 11) is 1.63. The molecule has 1 amide bonds.